The number of ether oxygens (including phenoxy) is 1. The quantitative estimate of drug-likeness (QED) is 0.802. The monoisotopic (exact) mass is 374 g/mol. The van der Waals surface area contributed by atoms with E-state index in [1.807, 2.05) is 9.47 Å². The van der Waals surface area contributed by atoms with Gasteiger partial charge >= 0.3 is 0 Å². The molecule has 1 fully saturated rings. The highest BCUT2D eigenvalue weighted by Crippen LogP contribution is 2.34. The minimum atomic E-state index is -0.295. The molecule has 1 aromatic heterocycles. The number of aromatic nitrogens is 1. The Morgan fingerprint density at radius 1 is 1.23 bits per heavy atom. The van der Waals surface area contributed by atoms with Gasteiger partial charge in [-0.3, -0.25) is 9.59 Å². The van der Waals surface area contributed by atoms with E-state index in [1.165, 1.54) is 0 Å². The Balaban J connectivity index is 1.87. The number of carbonyl (C=O) groups is 1. The lowest BCUT2D eigenvalue weighted by Crippen LogP contribution is -2.37. The van der Waals surface area contributed by atoms with Gasteiger partial charge < -0.3 is 14.2 Å². The van der Waals surface area contributed by atoms with E-state index in [0.717, 1.165) is 32.1 Å². The smallest absolute Gasteiger partial charge is 0.259 e. The van der Waals surface area contributed by atoms with Gasteiger partial charge in [-0.05, 0) is 31.4 Å². The first-order valence-corrected chi connectivity index (χ1v) is 9.79. The molecule has 0 spiro atoms. The summed E-state index contributed by atoms with van der Waals surface area (Å²) in [6, 6.07) is 3.49. The molecule has 2 aliphatic rings. The summed E-state index contributed by atoms with van der Waals surface area (Å²) in [5.41, 5.74) is 0.616. The molecule has 1 atom stereocenters. The minimum absolute atomic E-state index is 0.0236. The topological polar surface area (TPSA) is 51.5 Å². The molecule has 1 unspecified atom stereocenters. The number of halogens is 1. The standard InChI is InChI=1S/C20H23ClN2O3/c1-2-13-11-23-12-14(20(25)22-9-5-3-4-6-10-22)19(24)17-15(21)7-8-16(26-13)18(17)23/h7-8,12-13H,2-6,9-11H2,1H3. The van der Waals surface area contributed by atoms with Crippen molar-refractivity contribution in [2.45, 2.75) is 51.7 Å². The SMILES string of the molecule is CCC1Cn2cc(C(=O)N3CCCCCC3)c(=O)c3c(Cl)ccc(c32)O1. The molecule has 0 bridgehead atoms. The molecular formula is C20H23ClN2O3. The second kappa shape index (κ2) is 6.95. The molecule has 1 saturated heterocycles. The van der Waals surface area contributed by atoms with Gasteiger partial charge in [-0.2, -0.15) is 0 Å². The zero-order valence-electron chi connectivity index (χ0n) is 15.0. The first-order valence-electron chi connectivity index (χ1n) is 9.41. The van der Waals surface area contributed by atoms with Gasteiger partial charge in [0.05, 0.1) is 22.5 Å². The van der Waals surface area contributed by atoms with E-state index in [-0.39, 0.29) is 23.0 Å². The molecule has 0 saturated carbocycles. The summed E-state index contributed by atoms with van der Waals surface area (Å²) in [5, 5.41) is 0.756. The van der Waals surface area contributed by atoms with E-state index in [4.69, 9.17) is 16.3 Å². The van der Waals surface area contributed by atoms with Crippen molar-refractivity contribution in [3.05, 3.63) is 39.1 Å². The van der Waals surface area contributed by atoms with Crippen LogP contribution in [0.3, 0.4) is 0 Å². The van der Waals surface area contributed by atoms with E-state index in [0.29, 0.717) is 41.3 Å². The molecule has 2 aromatic rings. The van der Waals surface area contributed by atoms with Crippen LogP contribution in [-0.2, 0) is 6.54 Å². The zero-order valence-corrected chi connectivity index (χ0v) is 15.7. The van der Waals surface area contributed by atoms with Crippen molar-refractivity contribution in [2.75, 3.05) is 13.1 Å². The molecule has 0 N–H and O–H groups in total. The Hall–Kier alpha value is -2.01. The Morgan fingerprint density at radius 2 is 1.96 bits per heavy atom. The maximum Gasteiger partial charge on any atom is 0.259 e. The normalized spacial score (nSPS) is 19.9. The van der Waals surface area contributed by atoms with Gasteiger partial charge in [-0.25, -0.2) is 0 Å². The van der Waals surface area contributed by atoms with Crippen LogP contribution in [0.5, 0.6) is 5.75 Å². The van der Waals surface area contributed by atoms with E-state index in [2.05, 4.69) is 6.92 Å². The van der Waals surface area contributed by atoms with Gasteiger partial charge in [-0.1, -0.05) is 31.4 Å². The molecule has 3 heterocycles. The van der Waals surface area contributed by atoms with Crippen molar-refractivity contribution in [2.24, 2.45) is 0 Å². The Kier molecular flexibility index (Phi) is 4.65. The van der Waals surface area contributed by atoms with Crippen LogP contribution in [0.15, 0.2) is 23.1 Å². The van der Waals surface area contributed by atoms with E-state index in [1.54, 1.807) is 18.3 Å². The van der Waals surface area contributed by atoms with E-state index >= 15 is 0 Å². The van der Waals surface area contributed by atoms with Crippen molar-refractivity contribution in [3.63, 3.8) is 0 Å². The first-order chi connectivity index (χ1) is 12.6. The largest absolute Gasteiger partial charge is 0.486 e. The van der Waals surface area contributed by atoms with Gasteiger partial charge in [0.1, 0.15) is 17.4 Å². The maximum absolute atomic E-state index is 13.1. The fourth-order valence-electron chi connectivity index (χ4n) is 3.95. The van der Waals surface area contributed by atoms with Gasteiger partial charge in [0.25, 0.3) is 5.91 Å². The summed E-state index contributed by atoms with van der Waals surface area (Å²) in [6.07, 6.45) is 6.84. The van der Waals surface area contributed by atoms with Gasteiger partial charge in [0.2, 0.25) is 5.43 Å². The molecule has 26 heavy (non-hydrogen) atoms. The summed E-state index contributed by atoms with van der Waals surface area (Å²) in [7, 11) is 0. The molecule has 1 amide bonds. The lowest BCUT2D eigenvalue weighted by Gasteiger charge is -2.29. The number of pyridine rings is 1. The number of likely N-dealkylation sites (tertiary alicyclic amines) is 1. The molecular weight excluding hydrogens is 352 g/mol. The van der Waals surface area contributed by atoms with Crippen molar-refractivity contribution >= 4 is 28.4 Å². The fraction of sp³-hybridized carbons (Fsp3) is 0.500. The summed E-state index contributed by atoms with van der Waals surface area (Å²) in [6.45, 7) is 4.10. The summed E-state index contributed by atoms with van der Waals surface area (Å²) in [4.78, 5) is 28.0. The molecule has 5 nitrogen and oxygen atoms in total. The van der Waals surface area contributed by atoms with Crippen molar-refractivity contribution in [3.8, 4) is 5.75 Å². The number of amides is 1. The fourth-order valence-corrected chi connectivity index (χ4v) is 4.18. The van der Waals surface area contributed by atoms with Crippen LogP contribution in [0.25, 0.3) is 10.9 Å². The van der Waals surface area contributed by atoms with Crippen molar-refractivity contribution in [1.82, 2.24) is 9.47 Å². The second-order valence-electron chi connectivity index (χ2n) is 7.15. The lowest BCUT2D eigenvalue weighted by molar-refractivity contribution is 0.0759. The predicted molar refractivity (Wildman–Crippen MR) is 102 cm³/mol. The van der Waals surface area contributed by atoms with Gasteiger partial charge in [0.15, 0.2) is 0 Å². The lowest BCUT2D eigenvalue weighted by atomic mass is 10.1. The molecule has 6 heteroatoms. The molecule has 4 rings (SSSR count). The minimum Gasteiger partial charge on any atom is -0.486 e. The third-order valence-corrected chi connectivity index (χ3v) is 5.72. The van der Waals surface area contributed by atoms with E-state index < -0.39 is 0 Å². The number of rotatable bonds is 2. The summed E-state index contributed by atoms with van der Waals surface area (Å²) in [5.74, 6) is 0.483. The number of hydrogen-bond acceptors (Lipinski definition) is 3. The molecule has 1 aromatic carbocycles. The molecule has 138 valence electrons. The van der Waals surface area contributed by atoms with Crippen LogP contribution in [0.1, 0.15) is 49.4 Å². The third kappa shape index (κ3) is 2.88. The van der Waals surface area contributed by atoms with Crippen molar-refractivity contribution in [1.29, 1.82) is 0 Å². The number of carbonyl (C=O) groups excluding carboxylic acids is 1. The second-order valence-corrected chi connectivity index (χ2v) is 7.56. The highest BCUT2D eigenvalue weighted by Gasteiger charge is 2.27. The van der Waals surface area contributed by atoms with E-state index in [9.17, 15) is 9.59 Å². The highest BCUT2D eigenvalue weighted by atomic mass is 35.5. The predicted octanol–water partition coefficient (Wildman–Crippen LogP) is 3.84. The summed E-state index contributed by atoms with van der Waals surface area (Å²) < 4.78 is 7.96. The van der Waals surface area contributed by atoms with Crippen LogP contribution in [0, 0.1) is 0 Å². The Labute approximate surface area is 157 Å². The Morgan fingerprint density at radius 3 is 2.65 bits per heavy atom. The summed E-state index contributed by atoms with van der Waals surface area (Å²) >= 11 is 6.35. The van der Waals surface area contributed by atoms with Crippen LogP contribution in [-0.4, -0.2) is 34.6 Å². The van der Waals surface area contributed by atoms with Crippen LogP contribution < -0.4 is 10.2 Å². The van der Waals surface area contributed by atoms with Crippen LogP contribution >= 0.6 is 11.6 Å². The average Bonchev–Trinajstić information content (AvgIpc) is 2.94. The number of benzene rings is 1. The molecule has 2 aliphatic heterocycles. The highest BCUT2D eigenvalue weighted by molar-refractivity contribution is 6.35. The number of nitrogens with zero attached hydrogens (tertiary/aromatic N) is 2. The average molecular weight is 375 g/mol. The van der Waals surface area contributed by atoms with Crippen LogP contribution in [0.2, 0.25) is 5.02 Å². The maximum atomic E-state index is 13.1. The Bertz CT molecular complexity index is 913. The molecule has 0 aliphatic carbocycles. The molecule has 0 radical (unpaired) electrons. The van der Waals surface area contributed by atoms with Crippen LogP contribution in [0.4, 0.5) is 0 Å². The number of hydrogen-bond donors (Lipinski definition) is 0. The first kappa shape index (κ1) is 17.4. The van der Waals surface area contributed by atoms with Gasteiger partial charge in [-0.15, -0.1) is 0 Å². The van der Waals surface area contributed by atoms with Gasteiger partial charge in [0, 0.05) is 19.3 Å². The van der Waals surface area contributed by atoms with Crippen molar-refractivity contribution < 1.29 is 9.53 Å². The third-order valence-electron chi connectivity index (χ3n) is 5.41. The zero-order chi connectivity index (χ0) is 18.3.